The maximum absolute atomic E-state index is 12.1. The standard InChI is InChI=1S/C13H13NO5/c1-3-14-6-7(13(17)18)12(16)10-8(15)4-5-9(19-2)11(10)14/h4-6,15H,3H2,1-2H3,(H,17,18). The van der Waals surface area contributed by atoms with E-state index in [2.05, 4.69) is 0 Å². The molecule has 0 atom stereocenters. The largest absolute Gasteiger partial charge is 0.507 e. The van der Waals surface area contributed by atoms with Crippen LogP contribution in [0.4, 0.5) is 0 Å². The minimum absolute atomic E-state index is 0.0406. The first kappa shape index (κ1) is 12.9. The van der Waals surface area contributed by atoms with Crippen molar-refractivity contribution in [2.75, 3.05) is 7.11 Å². The molecule has 19 heavy (non-hydrogen) atoms. The molecule has 0 bridgehead atoms. The Hall–Kier alpha value is -2.50. The lowest BCUT2D eigenvalue weighted by atomic mass is 10.1. The first-order chi connectivity index (χ1) is 9.01. The lowest BCUT2D eigenvalue weighted by Gasteiger charge is -2.14. The van der Waals surface area contributed by atoms with Crippen LogP contribution < -0.4 is 10.2 Å². The number of aromatic carboxylic acids is 1. The minimum atomic E-state index is -1.32. The summed E-state index contributed by atoms with van der Waals surface area (Å²) in [5, 5.41) is 18.8. The van der Waals surface area contributed by atoms with Gasteiger partial charge in [-0.3, -0.25) is 4.79 Å². The van der Waals surface area contributed by atoms with E-state index in [9.17, 15) is 14.7 Å². The predicted octanol–water partition coefficient (Wildman–Crippen LogP) is 1.43. The average Bonchev–Trinajstić information content (AvgIpc) is 2.39. The molecule has 2 N–H and O–H groups in total. The summed E-state index contributed by atoms with van der Waals surface area (Å²) in [5.41, 5.74) is -0.707. The van der Waals surface area contributed by atoms with Crippen molar-refractivity contribution in [3.05, 3.63) is 34.1 Å². The van der Waals surface area contributed by atoms with Gasteiger partial charge >= 0.3 is 5.97 Å². The van der Waals surface area contributed by atoms with Gasteiger partial charge in [0.25, 0.3) is 0 Å². The van der Waals surface area contributed by atoms with Crippen LogP contribution in [0.1, 0.15) is 17.3 Å². The summed E-state index contributed by atoms with van der Waals surface area (Å²) in [6, 6.07) is 2.85. The number of fused-ring (bicyclic) bond motifs is 1. The first-order valence-corrected chi connectivity index (χ1v) is 5.67. The van der Waals surface area contributed by atoms with Gasteiger partial charge in [-0.1, -0.05) is 0 Å². The molecule has 0 spiro atoms. The Labute approximate surface area is 108 Å². The van der Waals surface area contributed by atoms with E-state index >= 15 is 0 Å². The summed E-state index contributed by atoms with van der Waals surface area (Å²) < 4.78 is 6.73. The number of benzene rings is 1. The van der Waals surface area contributed by atoms with E-state index in [4.69, 9.17) is 9.84 Å². The van der Waals surface area contributed by atoms with Gasteiger partial charge < -0.3 is 19.5 Å². The Balaban J connectivity index is 3.06. The maximum atomic E-state index is 12.1. The maximum Gasteiger partial charge on any atom is 0.341 e. The molecule has 0 unspecified atom stereocenters. The number of methoxy groups -OCH3 is 1. The number of hydrogen-bond acceptors (Lipinski definition) is 4. The monoisotopic (exact) mass is 263 g/mol. The van der Waals surface area contributed by atoms with Gasteiger partial charge in [0.05, 0.1) is 18.0 Å². The highest BCUT2D eigenvalue weighted by atomic mass is 16.5. The molecular weight excluding hydrogens is 250 g/mol. The van der Waals surface area contributed by atoms with E-state index in [1.807, 2.05) is 0 Å². The second-order valence-corrected chi connectivity index (χ2v) is 3.97. The highest BCUT2D eigenvalue weighted by molar-refractivity contribution is 5.96. The number of carbonyl (C=O) groups is 1. The molecule has 0 saturated heterocycles. The zero-order chi connectivity index (χ0) is 14.2. The lowest BCUT2D eigenvalue weighted by molar-refractivity contribution is 0.0695. The minimum Gasteiger partial charge on any atom is -0.507 e. The Morgan fingerprint density at radius 3 is 2.63 bits per heavy atom. The Morgan fingerprint density at radius 1 is 1.42 bits per heavy atom. The van der Waals surface area contributed by atoms with Crippen molar-refractivity contribution >= 4 is 16.9 Å². The molecule has 1 aromatic heterocycles. The SMILES string of the molecule is CCn1cc(C(=O)O)c(=O)c2c(O)ccc(OC)c21. The van der Waals surface area contributed by atoms with Crippen molar-refractivity contribution in [3.8, 4) is 11.5 Å². The van der Waals surface area contributed by atoms with Crippen LogP contribution in [0.2, 0.25) is 0 Å². The molecule has 2 aromatic rings. The molecule has 100 valence electrons. The van der Waals surface area contributed by atoms with Gasteiger partial charge in [-0.25, -0.2) is 4.79 Å². The number of phenols is 1. The third-order valence-corrected chi connectivity index (χ3v) is 2.95. The van der Waals surface area contributed by atoms with Crippen molar-refractivity contribution in [1.82, 2.24) is 4.57 Å². The number of carboxylic acids is 1. The number of aromatic nitrogens is 1. The van der Waals surface area contributed by atoms with Crippen LogP contribution in [0.25, 0.3) is 10.9 Å². The van der Waals surface area contributed by atoms with Crippen LogP contribution in [0.3, 0.4) is 0 Å². The fourth-order valence-corrected chi connectivity index (χ4v) is 2.05. The van der Waals surface area contributed by atoms with E-state index in [-0.39, 0.29) is 16.7 Å². The summed E-state index contributed by atoms with van der Waals surface area (Å²) in [4.78, 5) is 23.2. The van der Waals surface area contributed by atoms with Crippen LogP contribution in [-0.4, -0.2) is 27.9 Å². The Morgan fingerprint density at radius 2 is 2.11 bits per heavy atom. The summed E-state index contributed by atoms with van der Waals surface area (Å²) in [7, 11) is 1.45. The molecule has 0 amide bonds. The second kappa shape index (κ2) is 4.64. The molecule has 6 heteroatoms. The van der Waals surface area contributed by atoms with Crippen LogP contribution in [0.5, 0.6) is 11.5 Å². The molecule has 1 heterocycles. The fourth-order valence-electron chi connectivity index (χ4n) is 2.05. The summed E-state index contributed by atoms with van der Waals surface area (Å²) >= 11 is 0. The topological polar surface area (TPSA) is 88.8 Å². The van der Waals surface area contributed by atoms with E-state index < -0.39 is 11.4 Å². The average molecular weight is 263 g/mol. The molecule has 0 aliphatic rings. The highest BCUT2D eigenvalue weighted by Crippen LogP contribution is 2.30. The fraction of sp³-hybridized carbons (Fsp3) is 0.231. The van der Waals surface area contributed by atoms with E-state index in [1.54, 1.807) is 11.5 Å². The van der Waals surface area contributed by atoms with Crippen LogP contribution in [0.15, 0.2) is 23.1 Å². The predicted molar refractivity (Wildman–Crippen MR) is 69.1 cm³/mol. The van der Waals surface area contributed by atoms with Gasteiger partial charge in [0.1, 0.15) is 17.1 Å². The zero-order valence-electron chi connectivity index (χ0n) is 10.5. The third-order valence-electron chi connectivity index (χ3n) is 2.95. The zero-order valence-corrected chi connectivity index (χ0v) is 10.5. The summed E-state index contributed by atoms with van der Waals surface area (Å²) in [6.07, 6.45) is 1.26. The van der Waals surface area contributed by atoms with Crippen molar-refractivity contribution in [3.63, 3.8) is 0 Å². The Bertz CT molecular complexity index is 717. The Kier molecular flexibility index (Phi) is 3.16. The normalized spacial score (nSPS) is 10.6. The van der Waals surface area contributed by atoms with Gasteiger partial charge in [0, 0.05) is 12.7 Å². The van der Waals surface area contributed by atoms with Gasteiger partial charge in [0.2, 0.25) is 5.43 Å². The highest BCUT2D eigenvalue weighted by Gasteiger charge is 2.19. The molecule has 2 rings (SSSR count). The number of aryl methyl sites for hydroxylation is 1. The van der Waals surface area contributed by atoms with E-state index in [1.165, 1.54) is 25.4 Å². The van der Waals surface area contributed by atoms with E-state index in [0.717, 1.165) is 0 Å². The van der Waals surface area contributed by atoms with Crippen molar-refractivity contribution in [1.29, 1.82) is 0 Å². The number of hydrogen-bond donors (Lipinski definition) is 2. The number of phenolic OH excluding ortho intramolecular Hbond substituents is 1. The molecule has 0 fully saturated rings. The molecule has 0 saturated carbocycles. The molecule has 0 aliphatic carbocycles. The second-order valence-electron chi connectivity index (χ2n) is 3.97. The molecule has 0 radical (unpaired) electrons. The third kappa shape index (κ3) is 1.91. The lowest BCUT2D eigenvalue weighted by Crippen LogP contribution is -2.19. The number of pyridine rings is 1. The number of carboxylic acid groups (broad SMARTS) is 1. The van der Waals surface area contributed by atoms with Crippen molar-refractivity contribution in [2.24, 2.45) is 0 Å². The molecule has 1 aromatic carbocycles. The van der Waals surface area contributed by atoms with Crippen LogP contribution in [0, 0.1) is 0 Å². The van der Waals surface area contributed by atoms with E-state index in [0.29, 0.717) is 17.8 Å². The summed E-state index contributed by atoms with van der Waals surface area (Å²) in [6.45, 7) is 2.25. The number of nitrogens with zero attached hydrogens (tertiary/aromatic N) is 1. The number of aromatic hydroxyl groups is 1. The van der Waals surface area contributed by atoms with Crippen molar-refractivity contribution in [2.45, 2.75) is 13.5 Å². The van der Waals surface area contributed by atoms with Crippen LogP contribution >= 0.6 is 0 Å². The van der Waals surface area contributed by atoms with Gasteiger partial charge in [-0.2, -0.15) is 0 Å². The first-order valence-electron chi connectivity index (χ1n) is 5.67. The number of ether oxygens (including phenoxy) is 1. The van der Waals surface area contributed by atoms with Gasteiger partial charge in [-0.15, -0.1) is 0 Å². The molecular formula is C13H13NO5. The number of rotatable bonds is 3. The van der Waals surface area contributed by atoms with Crippen molar-refractivity contribution < 1.29 is 19.7 Å². The summed E-state index contributed by atoms with van der Waals surface area (Å²) in [5.74, 6) is -1.17. The van der Waals surface area contributed by atoms with Gasteiger partial charge in [-0.05, 0) is 19.1 Å². The van der Waals surface area contributed by atoms with Crippen LogP contribution in [-0.2, 0) is 6.54 Å². The molecule has 0 aliphatic heterocycles. The molecule has 6 nitrogen and oxygen atoms in total. The quantitative estimate of drug-likeness (QED) is 0.874. The smallest absolute Gasteiger partial charge is 0.341 e. The van der Waals surface area contributed by atoms with Gasteiger partial charge in [0.15, 0.2) is 0 Å².